The molecule has 2 aromatic heterocycles. The first-order valence-corrected chi connectivity index (χ1v) is 10.4. The lowest BCUT2D eigenvalue weighted by Crippen LogP contribution is -2.21. The van der Waals surface area contributed by atoms with Crippen LogP contribution in [0.4, 0.5) is 20.3 Å². The Morgan fingerprint density at radius 3 is 2.50 bits per heavy atom. The Balaban J connectivity index is 1.60. The summed E-state index contributed by atoms with van der Waals surface area (Å²) in [4.78, 5) is 28.0. The van der Waals surface area contributed by atoms with E-state index in [-0.39, 0.29) is 5.75 Å². The summed E-state index contributed by atoms with van der Waals surface area (Å²) in [6.45, 7) is 3.67. The molecule has 4 rings (SSSR count). The van der Waals surface area contributed by atoms with Crippen LogP contribution in [-0.2, 0) is 0 Å². The van der Waals surface area contributed by atoms with Crippen molar-refractivity contribution in [2.45, 2.75) is 25.3 Å². The average Bonchev–Trinajstić information content (AvgIpc) is 3.29. The van der Waals surface area contributed by atoms with Crippen molar-refractivity contribution < 1.29 is 18.3 Å². The summed E-state index contributed by atoms with van der Waals surface area (Å²) in [7, 11) is 0. The van der Waals surface area contributed by atoms with E-state index in [0.29, 0.717) is 11.3 Å². The Labute approximate surface area is 188 Å². The van der Waals surface area contributed by atoms with Gasteiger partial charge >= 0.3 is 5.57 Å². The number of benzene rings is 1. The zero-order valence-electron chi connectivity index (χ0n) is 17.2. The normalized spacial score (nSPS) is 13.8. The van der Waals surface area contributed by atoms with Gasteiger partial charge in [0, 0.05) is 59.6 Å². The van der Waals surface area contributed by atoms with E-state index in [0.717, 1.165) is 48.6 Å². The van der Waals surface area contributed by atoms with Crippen molar-refractivity contribution in [2.75, 3.05) is 23.3 Å². The smallest absolute Gasteiger partial charge is 0.420 e. The van der Waals surface area contributed by atoms with Crippen LogP contribution in [0.5, 0.6) is 5.75 Å². The van der Waals surface area contributed by atoms with Crippen molar-refractivity contribution in [1.82, 2.24) is 15.0 Å². The maximum Gasteiger partial charge on any atom is 0.487 e. The van der Waals surface area contributed by atoms with Gasteiger partial charge in [-0.2, -0.15) is 0 Å². The minimum Gasteiger partial charge on any atom is -0.420 e. The molecule has 0 unspecified atom stereocenters. The number of aryl methyl sites for hydroxylation is 1. The monoisotopic (exact) mass is 459 g/mol. The Morgan fingerprint density at radius 2 is 1.84 bits per heavy atom. The number of aromatic nitrogens is 3. The van der Waals surface area contributed by atoms with Gasteiger partial charge in [-0.15, -0.1) is 8.78 Å². The fourth-order valence-corrected chi connectivity index (χ4v) is 3.65. The molecule has 0 aliphatic carbocycles. The maximum absolute atomic E-state index is 12.9. The minimum atomic E-state index is -3.80. The summed E-state index contributed by atoms with van der Waals surface area (Å²) < 4.78 is 29.8. The Kier molecular flexibility index (Phi) is 6.18. The van der Waals surface area contributed by atoms with Crippen LogP contribution in [0.25, 0.3) is 11.1 Å². The minimum absolute atomic E-state index is 0.124. The number of nitrogens with one attached hydrogen (secondary N) is 1. The van der Waals surface area contributed by atoms with Crippen molar-refractivity contribution >= 4 is 29.0 Å². The number of halogens is 3. The third-order valence-corrected chi connectivity index (χ3v) is 5.16. The topological polar surface area (TPSA) is 80.2 Å². The first-order valence-electron chi connectivity index (χ1n) is 9.99. The van der Waals surface area contributed by atoms with Gasteiger partial charge in [-0.25, -0.2) is 15.0 Å². The number of amides is 1. The highest BCUT2D eigenvalue weighted by molar-refractivity contribution is 6.20. The van der Waals surface area contributed by atoms with E-state index >= 15 is 0 Å². The van der Waals surface area contributed by atoms with Gasteiger partial charge in [0.25, 0.3) is 5.91 Å². The van der Waals surface area contributed by atoms with Crippen LogP contribution in [0.1, 0.15) is 28.9 Å². The van der Waals surface area contributed by atoms with Crippen LogP contribution < -0.4 is 15.0 Å². The molecule has 10 heteroatoms. The summed E-state index contributed by atoms with van der Waals surface area (Å²) in [6.07, 6.45) is 6.89. The Morgan fingerprint density at radius 1 is 1.12 bits per heavy atom. The zero-order chi connectivity index (χ0) is 22.7. The lowest BCUT2D eigenvalue weighted by Gasteiger charge is -2.21. The van der Waals surface area contributed by atoms with Gasteiger partial charge in [0.05, 0.1) is 5.56 Å². The molecule has 0 radical (unpaired) electrons. The fourth-order valence-electron chi connectivity index (χ4n) is 3.56. The van der Waals surface area contributed by atoms with Gasteiger partial charge in [0.15, 0.2) is 0 Å². The highest BCUT2D eigenvalue weighted by atomic mass is 35.5. The molecule has 7 nitrogen and oxygen atoms in total. The van der Waals surface area contributed by atoms with E-state index in [2.05, 4.69) is 29.9 Å². The molecule has 0 saturated carbocycles. The highest BCUT2D eigenvalue weighted by Crippen LogP contribution is 2.33. The molecule has 1 fully saturated rings. The lowest BCUT2D eigenvalue weighted by atomic mass is 10.0. The number of anilines is 2. The predicted molar refractivity (Wildman–Crippen MR) is 117 cm³/mol. The molecular weight excluding hydrogens is 440 g/mol. The van der Waals surface area contributed by atoms with Crippen molar-refractivity contribution in [3.63, 3.8) is 0 Å². The van der Waals surface area contributed by atoms with Crippen LogP contribution in [0.3, 0.4) is 0 Å². The summed E-state index contributed by atoms with van der Waals surface area (Å²) in [5, 5.41) is 2.73. The van der Waals surface area contributed by atoms with Crippen molar-refractivity contribution in [3.8, 4) is 16.9 Å². The molecule has 1 aliphatic rings. The van der Waals surface area contributed by atoms with Crippen molar-refractivity contribution in [2.24, 2.45) is 0 Å². The van der Waals surface area contributed by atoms with E-state index in [9.17, 15) is 13.6 Å². The van der Waals surface area contributed by atoms with Crippen molar-refractivity contribution in [3.05, 3.63) is 60.3 Å². The van der Waals surface area contributed by atoms with Crippen LogP contribution in [0, 0.1) is 6.92 Å². The van der Waals surface area contributed by atoms with E-state index in [1.807, 2.05) is 6.92 Å². The van der Waals surface area contributed by atoms with Gasteiger partial charge in [-0.1, -0.05) is 0 Å². The fraction of sp³-hybridized carbons (Fsp3) is 0.273. The Bertz CT molecular complexity index is 1120. The summed E-state index contributed by atoms with van der Waals surface area (Å²) in [6, 6.07) is 7.23. The standard InChI is InChI=1S/C22H20ClF2N5O2/c1-14-19(12-26-13-28-14)18-10-15(11-27-20(18)30-8-2-3-9-30)21(31)29-16-4-6-17(7-5-16)32-22(23,24)25/h4-7,10-13H,2-3,8-9H2,1H3,(H,29,31). The zero-order valence-corrected chi connectivity index (χ0v) is 17.9. The predicted octanol–water partition coefficient (Wildman–Crippen LogP) is 4.87. The molecule has 0 spiro atoms. The van der Waals surface area contributed by atoms with Gasteiger partial charge in [0.2, 0.25) is 0 Å². The number of hydrogen-bond donors (Lipinski definition) is 1. The number of rotatable bonds is 6. The molecule has 166 valence electrons. The Hall–Kier alpha value is -3.33. The molecule has 3 heterocycles. The van der Waals surface area contributed by atoms with Gasteiger partial charge in [-0.05, 0) is 50.1 Å². The maximum atomic E-state index is 12.9. The van der Waals surface area contributed by atoms with Gasteiger partial charge in [0.1, 0.15) is 17.9 Å². The number of pyridine rings is 1. The molecule has 1 amide bonds. The van der Waals surface area contributed by atoms with Crippen LogP contribution in [0.2, 0.25) is 0 Å². The first-order chi connectivity index (χ1) is 15.3. The largest absolute Gasteiger partial charge is 0.487 e. The molecular formula is C22H20ClF2N5O2. The van der Waals surface area contributed by atoms with E-state index in [1.165, 1.54) is 36.8 Å². The van der Waals surface area contributed by atoms with Crippen LogP contribution >= 0.6 is 11.6 Å². The highest BCUT2D eigenvalue weighted by Gasteiger charge is 2.27. The number of carbonyl (C=O) groups excluding carboxylic acids is 1. The third-order valence-electron chi connectivity index (χ3n) is 5.08. The van der Waals surface area contributed by atoms with E-state index < -0.39 is 11.5 Å². The number of nitrogens with zero attached hydrogens (tertiary/aromatic N) is 4. The summed E-state index contributed by atoms with van der Waals surface area (Å²) in [5.41, 5.74) is -0.677. The molecule has 3 aromatic rings. The molecule has 1 saturated heterocycles. The summed E-state index contributed by atoms with van der Waals surface area (Å²) >= 11 is 4.76. The third kappa shape index (κ3) is 5.11. The molecule has 32 heavy (non-hydrogen) atoms. The number of ether oxygens (including phenoxy) is 1. The van der Waals surface area contributed by atoms with Gasteiger partial charge < -0.3 is 15.0 Å². The number of alkyl halides is 3. The van der Waals surface area contributed by atoms with Crippen molar-refractivity contribution in [1.29, 1.82) is 0 Å². The first kappa shape index (κ1) is 21.9. The van der Waals surface area contributed by atoms with Gasteiger partial charge in [-0.3, -0.25) is 4.79 Å². The number of hydrogen-bond acceptors (Lipinski definition) is 6. The lowest BCUT2D eigenvalue weighted by molar-refractivity contribution is -0.0964. The SMILES string of the molecule is Cc1ncncc1-c1cc(C(=O)Nc2ccc(OC(F)(F)Cl)cc2)cnc1N1CCCC1. The second kappa shape index (κ2) is 9.04. The molecule has 1 aliphatic heterocycles. The van der Waals surface area contributed by atoms with Crippen LogP contribution in [0.15, 0.2) is 49.1 Å². The molecule has 0 atom stereocenters. The van der Waals surface area contributed by atoms with E-state index in [4.69, 9.17) is 11.6 Å². The molecule has 1 N–H and O–H groups in total. The second-order valence-corrected chi connectivity index (χ2v) is 7.78. The number of carbonyl (C=O) groups is 1. The second-order valence-electron chi connectivity index (χ2n) is 7.34. The molecule has 1 aromatic carbocycles. The molecule has 0 bridgehead atoms. The average molecular weight is 460 g/mol. The van der Waals surface area contributed by atoms with Crippen LogP contribution in [-0.4, -0.2) is 39.5 Å². The summed E-state index contributed by atoms with van der Waals surface area (Å²) in [5.74, 6) is 0.277. The van der Waals surface area contributed by atoms with E-state index in [1.54, 1.807) is 12.3 Å². The quantitative estimate of drug-likeness (QED) is 0.530.